The molecule has 172 valence electrons. The number of methoxy groups -OCH3 is 1. The van der Waals surface area contributed by atoms with Gasteiger partial charge in [-0.15, -0.1) is 6.42 Å². The lowest BCUT2D eigenvalue weighted by Gasteiger charge is -2.14. The fourth-order valence-corrected chi connectivity index (χ4v) is 3.49. The van der Waals surface area contributed by atoms with E-state index in [9.17, 15) is 4.79 Å². The maximum Gasteiger partial charge on any atom is 0.162 e. The molecular weight excluding hydrogens is 418 g/mol. The zero-order valence-corrected chi connectivity index (χ0v) is 19.0. The largest absolute Gasteiger partial charge is 0.493 e. The third-order valence-corrected chi connectivity index (χ3v) is 5.46. The fraction of sp³-hybridized carbons (Fsp3) is 0.346. The number of benzene rings is 2. The molecule has 33 heavy (non-hydrogen) atoms. The Balaban J connectivity index is 1.68. The van der Waals surface area contributed by atoms with Crippen LogP contribution in [0.3, 0.4) is 0 Å². The fourth-order valence-electron chi connectivity index (χ4n) is 3.49. The van der Waals surface area contributed by atoms with Gasteiger partial charge in [0.05, 0.1) is 19.2 Å². The lowest BCUT2D eigenvalue weighted by atomic mass is 9.99. The van der Waals surface area contributed by atoms with Gasteiger partial charge in [0.1, 0.15) is 18.8 Å². The third kappa shape index (κ3) is 6.43. The molecule has 0 aliphatic carbocycles. The number of terminal acetylenes is 1. The van der Waals surface area contributed by atoms with Gasteiger partial charge < -0.3 is 19.9 Å². The summed E-state index contributed by atoms with van der Waals surface area (Å²) < 4.78 is 11.5. The molecule has 2 aromatic carbocycles. The summed E-state index contributed by atoms with van der Waals surface area (Å²) in [5.41, 5.74) is 2.34. The van der Waals surface area contributed by atoms with Crippen LogP contribution in [0.15, 0.2) is 42.7 Å². The average Bonchev–Trinajstić information content (AvgIpc) is 2.85. The van der Waals surface area contributed by atoms with Crippen LogP contribution in [0, 0.1) is 18.3 Å². The lowest BCUT2D eigenvalue weighted by molar-refractivity contribution is -0.125. The maximum absolute atomic E-state index is 11.5. The maximum atomic E-state index is 11.5. The Morgan fingerprint density at radius 3 is 2.79 bits per heavy atom. The van der Waals surface area contributed by atoms with E-state index in [0.29, 0.717) is 23.9 Å². The van der Waals surface area contributed by atoms with E-state index in [1.807, 2.05) is 43.3 Å². The highest BCUT2D eigenvalue weighted by Gasteiger charge is 2.13. The first-order valence-corrected chi connectivity index (χ1v) is 11.0. The van der Waals surface area contributed by atoms with E-state index in [2.05, 4.69) is 21.2 Å². The Kier molecular flexibility index (Phi) is 8.62. The van der Waals surface area contributed by atoms with Crippen molar-refractivity contribution >= 4 is 28.2 Å². The van der Waals surface area contributed by atoms with Gasteiger partial charge in [-0.3, -0.25) is 4.79 Å². The monoisotopic (exact) mass is 447 g/mol. The molecule has 1 aromatic heterocycles. The van der Waals surface area contributed by atoms with Crippen molar-refractivity contribution in [2.24, 2.45) is 5.92 Å². The Morgan fingerprint density at radius 1 is 1.18 bits per heavy atom. The summed E-state index contributed by atoms with van der Waals surface area (Å²) in [7, 11) is 1.60. The normalized spacial score (nSPS) is 11.6. The number of nitrogens with one attached hydrogen (secondary N) is 1. The van der Waals surface area contributed by atoms with Crippen molar-refractivity contribution in [1.29, 1.82) is 0 Å². The third-order valence-electron chi connectivity index (χ3n) is 5.46. The number of aliphatic hydroxyl groups excluding tert-OH is 1. The van der Waals surface area contributed by atoms with Crippen LogP contribution in [-0.2, 0) is 4.79 Å². The molecule has 1 heterocycles. The molecule has 1 atom stereocenters. The highest BCUT2D eigenvalue weighted by molar-refractivity contribution is 5.93. The van der Waals surface area contributed by atoms with Crippen molar-refractivity contribution in [2.45, 2.75) is 32.6 Å². The van der Waals surface area contributed by atoms with Gasteiger partial charge in [-0.25, -0.2) is 9.97 Å². The standard InChI is InChI=1S/C26H29N3O4/c1-4-19-10-8-11-20(13-19)29-26-21-14-25(24(32-3)15-22(21)27-17-28-26)33-12-7-5-6-9-18(2)23(31)16-30/h1,8,10-11,13-15,17-18,30H,5-7,9,12,16H2,2-3H3,(H,27,28,29). The number of anilines is 2. The Morgan fingerprint density at radius 2 is 2.03 bits per heavy atom. The van der Waals surface area contributed by atoms with E-state index in [0.717, 1.165) is 47.8 Å². The van der Waals surface area contributed by atoms with Crippen LogP contribution >= 0.6 is 0 Å². The zero-order valence-electron chi connectivity index (χ0n) is 19.0. The van der Waals surface area contributed by atoms with Gasteiger partial charge in [-0.1, -0.05) is 31.8 Å². The number of hydrogen-bond acceptors (Lipinski definition) is 7. The van der Waals surface area contributed by atoms with Gasteiger partial charge in [-0.05, 0) is 37.1 Å². The number of ether oxygens (including phenoxy) is 2. The van der Waals surface area contributed by atoms with Crippen LogP contribution in [0.2, 0.25) is 0 Å². The van der Waals surface area contributed by atoms with E-state index >= 15 is 0 Å². The van der Waals surface area contributed by atoms with Crippen LogP contribution < -0.4 is 14.8 Å². The van der Waals surface area contributed by atoms with Crippen LogP contribution in [0.25, 0.3) is 10.9 Å². The van der Waals surface area contributed by atoms with Crippen molar-refractivity contribution in [3.8, 4) is 23.8 Å². The average molecular weight is 448 g/mol. The van der Waals surface area contributed by atoms with E-state index in [1.54, 1.807) is 7.11 Å². The van der Waals surface area contributed by atoms with Crippen molar-refractivity contribution in [3.63, 3.8) is 0 Å². The minimum absolute atomic E-state index is 0.107. The SMILES string of the molecule is C#Cc1cccc(Nc2ncnc3cc(OC)c(OCCCCCC(C)C(=O)CO)cc23)c1. The van der Waals surface area contributed by atoms with Crippen molar-refractivity contribution in [2.75, 3.05) is 25.6 Å². The highest BCUT2D eigenvalue weighted by atomic mass is 16.5. The molecule has 7 heteroatoms. The summed E-state index contributed by atoms with van der Waals surface area (Å²) in [6.45, 7) is 1.98. The number of unbranched alkanes of at least 4 members (excludes halogenated alkanes) is 2. The molecule has 0 aliphatic heterocycles. The second-order valence-corrected chi connectivity index (χ2v) is 7.82. The molecule has 1 unspecified atom stereocenters. The summed E-state index contributed by atoms with van der Waals surface area (Å²) in [5.74, 6) is 4.27. The molecule has 0 fully saturated rings. The quantitative estimate of drug-likeness (QED) is 0.312. The Labute approximate surface area is 194 Å². The number of rotatable bonds is 12. The number of hydrogen-bond donors (Lipinski definition) is 2. The van der Waals surface area contributed by atoms with Crippen LogP contribution in [0.1, 0.15) is 38.2 Å². The van der Waals surface area contributed by atoms with Gasteiger partial charge in [0, 0.05) is 28.6 Å². The predicted molar refractivity (Wildman–Crippen MR) is 129 cm³/mol. The summed E-state index contributed by atoms with van der Waals surface area (Å²) >= 11 is 0. The minimum Gasteiger partial charge on any atom is -0.493 e. The first kappa shape index (κ1) is 24.0. The molecule has 0 amide bonds. The second-order valence-electron chi connectivity index (χ2n) is 7.82. The van der Waals surface area contributed by atoms with Crippen molar-refractivity contribution < 1.29 is 19.4 Å². The van der Waals surface area contributed by atoms with E-state index in [-0.39, 0.29) is 18.3 Å². The number of carbonyl (C=O) groups is 1. The number of nitrogens with zero attached hydrogens (tertiary/aromatic N) is 2. The number of ketones is 1. The molecule has 3 aromatic rings. The lowest BCUT2D eigenvalue weighted by Crippen LogP contribution is -2.14. The van der Waals surface area contributed by atoms with Crippen LogP contribution in [0.5, 0.6) is 11.5 Å². The number of Topliss-reactive ketones (excluding diaryl/α,β-unsaturated/α-hetero) is 1. The van der Waals surface area contributed by atoms with Gasteiger partial charge >= 0.3 is 0 Å². The summed E-state index contributed by atoms with van der Waals surface area (Å²) in [6, 6.07) is 11.3. The summed E-state index contributed by atoms with van der Waals surface area (Å²) in [5, 5.41) is 13.0. The van der Waals surface area contributed by atoms with Gasteiger partial charge in [0.15, 0.2) is 17.3 Å². The Bertz CT molecular complexity index is 1140. The van der Waals surface area contributed by atoms with Crippen molar-refractivity contribution in [3.05, 3.63) is 48.3 Å². The van der Waals surface area contributed by atoms with E-state index in [4.69, 9.17) is 21.0 Å². The summed E-state index contributed by atoms with van der Waals surface area (Å²) in [6.07, 6.45) is 10.5. The Hall–Kier alpha value is -3.63. The molecule has 0 radical (unpaired) electrons. The summed E-state index contributed by atoms with van der Waals surface area (Å²) in [4.78, 5) is 20.2. The van der Waals surface area contributed by atoms with Gasteiger partial charge in [-0.2, -0.15) is 0 Å². The zero-order chi connectivity index (χ0) is 23.6. The van der Waals surface area contributed by atoms with Crippen molar-refractivity contribution in [1.82, 2.24) is 9.97 Å². The molecule has 0 spiro atoms. The van der Waals surface area contributed by atoms with Gasteiger partial charge in [0.25, 0.3) is 0 Å². The van der Waals surface area contributed by atoms with Gasteiger partial charge in [0.2, 0.25) is 0 Å². The first-order chi connectivity index (χ1) is 16.0. The highest BCUT2D eigenvalue weighted by Crippen LogP contribution is 2.35. The number of aliphatic hydroxyl groups is 1. The molecule has 3 rings (SSSR count). The molecule has 0 saturated carbocycles. The molecule has 0 bridgehead atoms. The van der Waals surface area contributed by atoms with E-state index < -0.39 is 0 Å². The molecular formula is C26H29N3O4. The first-order valence-electron chi connectivity index (χ1n) is 11.0. The predicted octanol–water partition coefficient (Wildman–Crippen LogP) is 4.50. The number of aromatic nitrogens is 2. The number of fused-ring (bicyclic) bond motifs is 1. The topological polar surface area (TPSA) is 93.6 Å². The van der Waals surface area contributed by atoms with Crippen LogP contribution in [0.4, 0.5) is 11.5 Å². The smallest absolute Gasteiger partial charge is 0.162 e. The van der Waals surface area contributed by atoms with E-state index in [1.165, 1.54) is 6.33 Å². The molecule has 7 nitrogen and oxygen atoms in total. The van der Waals surface area contributed by atoms with Crippen LogP contribution in [-0.4, -0.2) is 41.2 Å². The number of carbonyl (C=O) groups excluding carboxylic acids is 1. The second kappa shape index (κ2) is 11.8. The molecule has 2 N–H and O–H groups in total. The molecule has 0 aliphatic rings. The minimum atomic E-state index is -0.387. The molecule has 0 saturated heterocycles.